The molecule has 0 saturated carbocycles. The number of carbonyl (C=O) groups excluding carboxylic acids is 1. The number of alkyl carbamates (subject to hydrolysis) is 1. The number of amides is 1. The third kappa shape index (κ3) is 4.99. The van der Waals surface area contributed by atoms with Crippen LogP contribution in [0, 0.1) is 0 Å². The van der Waals surface area contributed by atoms with Gasteiger partial charge in [0, 0.05) is 19.8 Å². The van der Waals surface area contributed by atoms with Crippen molar-refractivity contribution in [2.45, 2.75) is 39.2 Å². The Morgan fingerprint density at radius 3 is 2.60 bits per heavy atom. The third-order valence-electron chi connectivity index (χ3n) is 2.57. The molecule has 7 nitrogen and oxygen atoms in total. The van der Waals surface area contributed by atoms with E-state index in [4.69, 9.17) is 4.74 Å². The van der Waals surface area contributed by atoms with Gasteiger partial charge in [-0.3, -0.25) is 14.6 Å². The van der Waals surface area contributed by atoms with Gasteiger partial charge < -0.3 is 4.74 Å². The van der Waals surface area contributed by atoms with Crippen LogP contribution in [0.25, 0.3) is 0 Å². The van der Waals surface area contributed by atoms with Crippen molar-refractivity contribution in [3.8, 4) is 0 Å². The number of rotatable bonds is 0. The van der Waals surface area contributed by atoms with Crippen molar-refractivity contribution in [3.63, 3.8) is 0 Å². The normalized spacial score (nSPS) is 24.6. The van der Waals surface area contributed by atoms with E-state index in [1.54, 1.807) is 31.3 Å². The molecule has 0 bridgehead atoms. The van der Waals surface area contributed by atoms with E-state index < -0.39 is 21.6 Å². The van der Waals surface area contributed by atoms with Gasteiger partial charge in [0.15, 0.2) is 0 Å². The van der Waals surface area contributed by atoms with Crippen molar-refractivity contribution in [2.75, 3.05) is 26.4 Å². The van der Waals surface area contributed by atoms with Gasteiger partial charge in [-0.25, -0.2) is 13.4 Å². The summed E-state index contributed by atoms with van der Waals surface area (Å²) in [7, 11) is -1.02. The molecular formula is C12H24N4O3S. The largest absolute Gasteiger partial charge is 0.444 e. The maximum atomic E-state index is 12.5. The van der Waals surface area contributed by atoms with Crippen LogP contribution in [-0.4, -0.2) is 52.6 Å². The molecular weight excluding hydrogens is 280 g/mol. The topological polar surface area (TPSA) is 83.4 Å². The molecule has 1 atom stereocenters. The Morgan fingerprint density at radius 2 is 2.05 bits per heavy atom. The summed E-state index contributed by atoms with van der Waals surface area (Å²) in [5, 5.41) is 2.55. The monoisotopic (exact) mass is 304 g/mol. The first-order valence-corrected chi connectivity index (χ1v) is 8.46. The van der Waals surface area contributed by atoms with Crippen molar-refractivity contribution < 1.29 is 13.7 Å². The fourth-order valence-corrected chi connectivity index (χ4v) is 3.25. The first kappa shape index (κ1) is 16.7. The lowest BCUT2D eigenvalue weighted by atomic mass is 10.2. The van der Waals surface area contributed by atoms with Crippen molar-refractivity contribution in [1.29, 1.82) is 0 Å². The van der Waals surface area contributed by atoms with Gasteiger partial charge in [-0.05, 0) is 33.6 Å². The lowest BCUT2D eigenvalue weighted by Crippen LogP contribution is -2.48. The Labute approximate surface area is 121 Å². The van der Waals surface area contributed by atoms with E-state index in [1.165, 1.54) is 7.05 Å². The zero-order valence-electron chi connectivity index (χ0n) is 12.8. The van der Waals surface area contributed by atoms with Gasteiger partial charge in [-0.15, -0.1) is 0 Å². The summed E-state index contributed by atoms with van der Waals surface area (Å²) in [5.41, 5.74) is -0.597. The number of aliphatic imine (C=N–C) groups is 1. The minimum absolute atomic E-state index is 0.234. The molecule has 1 rings (SSSR count). The minimum atomic E-state index is -2.55. The minimum Gasteiger partial charge on any atom is -0.444 e. The first-order chi connectivity index (χ1) is 9.15. The fourth-order valence-electron chi connectivity index (χ4n) is 1.73. The van der Waals surface area contributed by atoms with E-state index in [9.17, 15) is 9.00 Å². The van der Waals surface area contributed by atoms with Gasteiger partial charge in [0.05, 0.1) is 6.54 Å². The van der Waals surface area contributed by atoms with Crippen molar-refractivity contribution in [1.82, 2.24) is 9.62 Å². The number of guanidine groups is 1. The summed E-state index contributed by atoms with van der Waals surface area (Å²) in [5.74, 6) is 0.234. The molecule has 1 amide bonds. The second-order valence-corrected chi connectivity index (χ2v) is 7.82. The highest BCUT2D eigenvalue weighted by Crippen LogP contribution is 2.12. The maximum Gasteiger partial charge on any atom is 0.414 e. The molecule has 1 aliphatic rings. The smallest absolute Gasteiger partial charge is 0.414 e. The van der Waals surface area contributed by atoms with Gasteiger partial charge >= 0.3 is 6.09 Å². The van der Waals surface area contributed by atoms with Crippen LogP contribution < -0.4 is 5.32 Å². The zero-order valence-corrected chi connectivity index (χ0v) is 13.6. The molecule has 0 spiro atoms. The number of ether oxygens (including phenoxy) is 1. The highest BCUT2D eigenvalue weighted by molar-refractivity contribution is 7.91. The van der Waals surface area contributed by atoms with E-state index in [0.29, 0.717) is 13.1 Å². The Morgan fingerprint density at radius 1 is 1.40 bits per heavy atom. The Kier molecular flexibility index (Phi) is 5.38. The molecule has 116 valence electrons. The molecule has 0 aromatic carbocycles. The molecule has 0 aromatic heterocycles. The van der Waals surface area contributed by atoms with E-state index in [0.717, 1.165) is 12.8 Å². The number of carbonyl (C=O) groups is 1. The fraction of sp³-hybridized carbons (Fsp3) is 0.833. The summed E-state index contributed by atoms with van der Waals surface area (Å²) >= 11 is 0. The van der Waals surface area contributed by atoms with Crippen LogP contribution in [0.4, 0.5) is 4.79 Å². The van der Waals surface area contributed by atoms with Gasteiger partial charge in [0.25, 0.3) is 0 Å². The predicted octanol–water partition coefficient (Wildman–Crippen LogP) is 1.61. The number of hydrogen-bond acceptors (Lipinski definition) is 5. The molecule has 8 heteroatoms. The van der Waals surface area contributed by atoms with E-state index in [1.807, 2.05) is 0 Å². The zero-order chi connectivity index (χ0) is 15.4. The predicted molar refractivity (Wildman–Crippen MR) is 80.0 cm³/mol. The molecule has 0 fully saturated rings. The summed E-state index contributed by atoms with van der Waals surface area (Å²) in [6, 6.07) is 0. The van der Waals surface area contributed by atoms with Crippen LogP contribution in [0.3, 0.4) is 0 Å². The molecule has 0 aliphatic carbocycles. The number of nitrogens with zero attached hydrogens (tertiary/aromatic N) is 3. The van der Waals surface area contributed by atoms with Gasteiger partial charge in [-0.2, -0.15) is 0 Å². The highest BCUT2D eigenvalue weighted by atomic mass is 32.2. The standard InChI is InChI=1S/C12H24N4O3S/c1-12(2,3)19-11(17)15-10(13-4)16-9-7-6-8-14-20(16,5)18/h6-9H2,1-5H3,(H,13,15,17). The molecule has 0 aromatic rings. The lowest BCUT2D eigenvalue weighted by Gasteiger charge is -2.26. The molecule has 1 N–H and O–H groups in total. The lowest BCUT2D eigenvalue weighted by molar-refractivity contribution is 0.0559. The molecule has 1 heterocycles. The van der Waals surface area contributed by atoms with Crippen LogP contribution in [0.5, 0.6) is 0 Å². The average molecular weight is 304 g/mol. The van der Waals surface area contributed by atoms with Gasteiger partial charge in [-0.1, -0.05) is 0 Å². The molecule has 1 unspecified atom stereocenters. The molecule has 1 aliphatic heterocycles. The van der Waals surface area contributed by atoms with Crippen molar-refractivity contribution >= 4 is 22.0 Å². The molecule has 20 heavy (non-hydrogen) atoms. The Bertz CT molecular complexity index is 501. The van der Waals surface area contributed by atoms with E-state index >= 15 is 0 Å². The van der Waals surface area contributed by atoms with E-state index in [-0.39, 0.29) is 5.96 Å². The summed E-state index contributed by atoms with van der Waals surface area (Å²) < 4.78 is 23.4. The quantitative estimate of drug-likeness (QED) is 0.545. The number of hydrogen-bond donors (Lipinski definition) is 1. The highest BCUT2D eigenvalue weighted by Gasteiger charge is 2.25. The Hall–Kier alpha value is -1.31. The summed E-state index contributed by atoms with van der Waals surface area (Å²) in [6.45, 7) is 6.44. The molecule has 0 saturated heterocycles. The number of nitrogens with one attached hydrogen (secondary N) is 1. The maximum absolute atomic E-state index is 12.5. The van der Waals surface area contributed by atoms with Crippen LogP contribution in [0.15, 0.2) is 9.36 Å². The third-order valence-corrected chi connectivity index (χ3v) is 4.40. The second-order valence-electron chi connectivity index (χ2n) is 5.60. The van der Waals surface area contributed by atoms with Gasteiger partial charge in [0.2, 0.25) is 5.96 Å². The van der Waals surface area contributed by atoms with E-state index in [2.05, 4.69) is 14.7 Å². The van der Waals surface area contributed by atoms with Crippen LogP contribution in [0.1, 0.15) is 33.6 Å². The van der Waals surface area contributed by atoms with Crippen LogP contribution in [-0.2, 0) is 14.7 Å². The molecule has 0 radical (unpaired) electrons. The van der Waals surface area contributed by atoms with Crippen molar-refractivity contribution in [2.24, 2.45) is 9.36 Å². The second kappa shape index (κ2) is 6.43. The Balaban J connectivity index is 2.86. The first-order valence-electron chi connectivity index (χ1n) is 6.58. The van der Waals surface area contributed by atoms with Crippen LogP contribution >= 0.6 is 0 Å². The van der Waals surface area contributed by atoms with Crippen molar-refractivity contribution in [3.05, 3.63) is 0 Å². The van der Waals surface area contributed by atoms with Gasteiger partial charge in [0.1, 0.15) is 15.5 Å². The van der Waals surface area contributed by atoms with Crippen LogP contribution in [0.2, 0.25) is 0 Å². The average Bonchev–Trinajstić information content (AvgIpc) is 2.45. The SMILES string of the molecule is C/N=C(/NC(=O)OC(C)(C)C)N1CCCCN=S1(C)=O. The summed E-state index contributed by atoms with van der Waals surface area (Å²) in [4.78, 5) is 15.8. The summed E-state index contributed by atoms with van der Waals surface area (Å²) in [6.07, 6.45) is 2.67.